The van der Waals surface area contributed by atoms with Gasteiger partial charge in [-0.25, -0.2) is 0 Å². The molecule has 8 atom stereocenters. The van der Waals surface area contributed by atoms with Crippen molar-refractivity contribution in [1.82, 2.24) is 0 Å². The Morgan fingerprint density at radius 1 is 1.22 bits per heavy atom. The molecule has 3 saturated carbocycles. The van der Waals surface area contributed by atoms with Crippen molar-refractivity contribution in [2.75, 3.05) is 6.61 Å². The highest BCUT2D eigenvalue weighted by molar-refractivity contribution is 5.66. The van der Waals surface area contributed by atoms with Gasteiger partial charge in [-0.05, 0) is 54.3 Å². The number of ether oxygens (including phenoxy) is 1. The van der Waals surface area contributed by atoms with E-state index in [1.165, 1.54) is 6.92 Å². The van der Waals surface area contributed by atoms with Gasteiger partial charge in [-0.2, -0.15) is 0 Å². The Bertz CT molecular complexity index is 672. The van der Waals surface area contributed by atoms with E-state index in [0.29, 0.717) is 12.3 Å². The van der Waals surface area contributed by atoms with E-state index in [2.05, 4.69) is 26.8 Å². The summed E-state index contributed by atoms with van der Waals surface area (Å²) in [5, 5.41) is 31.8. The molecule has 5 aliphatic rings. The summed E-state index contributed by atoms with van der Waals surface area (Å²) in [6.07, 6.45) is 7.49. The van der Waals surface area contributed by atoms with Gasteiger partial charge in [0.25, 0.3) is 0 Å². The van der Waals surface area contributed by atoms with Gasteiger partial charge in [0.1, 0.15) is 6.10 Å². The maximum Gasteiger partial charge on any atom is 0.302 e. The van der Waals surface area contributed by atoms with Crippen LogP contribution < -0.4 is 0 Å². The highest BCUT2D eigenvalue weighted by atomic mass is 16.5. The molecule has 27 heavy (non-hydrogen) atoms. The van der Waals surface area contributed by atoms with Crippen LogP contribution in [0.2, 0.25) is 0 Å². The molecule has 0 aromatic carbocycles. The Balaban J connectivity index is 1.83. The Morgan fingerprint density at radius 2 is 1.93 bits per heavy atom. The van der Waals surface area contributed by atoms with E-state index in [4.69, 9.17) is 4.74 Å². The summed E-state index contributed by atoms with van der Waals surface area (Å²) in [6.45, 7) is 7.74. The van der Waals surface area contributed by atoms with Crippen LogP contribution in [0.4, 0.5) is 0 Å². The first kappa shape index (κ1) is 19.4. The molecule has 0 aromatic heterocycles. The summed E-state index contributed by atoms with van der Waals surface area (Å²) in [7, 11) is 0. The molecule has 5 nitrogen and oxygen atoms in total. The van der Waals surface area contributed by atoms with Gasteiger partial charge >= 0.3 is 5.97 Å². The second-order valence-electron chi connectivity index (χ2n) is 10.6. The fourth-order valence-corrected chi connectivity index (χ4v) is 7.80. The van der Waals surface area contributed by atoms with Crippen molar-refractivity contribution >= 4 is 5.97 Å². The second-order valence-corrected chi connectivity index (χ2v) is 10.6. The lowest BCUT2D eigenvalue weighted by Crippen LogP contribution is -2.70. The Kier molecular flexibility index (Phi) is 4.17. The number of carbonyl (C=O) groups is 1. The predicted molar refractivity (Wildman–Crippen MR) is 101 cm³/mol. The molecule has 5 aliphatic carbocycles. The van der Waals surface area contributed by atoms with Crippen LogP contribution in [0.15, 0.2) is 12.2 Å². The molecule has 0 amide bonds. The van der Waals surface area contributed by atoms with Crippen LogP contribution in [0, 0.1) is 34.0 Å². The summed E-state index contributed by atoms with van der Waals surface area (Å²) in [4.78, 5) is 12.0. The Hall–Kier alpha value is -0.910. The summed E-state index contributed by atoms with van der Waals surface area (Å²) in [5.74, 6) is -0.292. The molecular formula is C22H34O5. The van der Waals surface area contributed by atoms with Gasteiger partial charge in [0, 0.05) is 18.8 Å². The van der Waals surface area contributed by atoms with Crippen LogP contribution in [0.25, 0.3) is 0 Å². The number of esters is 1. The third kappa shape index (κ3) is 2.44. The molecule has 4 unspecified atom stereocenters. The fraction of sp³-hybridized carbons (Fsp3) is 0.864. The number of aliphatic hydroxyl groups excluding tert-OH is 2. The summed E-state index contributed by atoms with van der Waals surface area (Å²) in [5.41, 5.74) is -1.78. The minimum Gasteiger partial charge on any atom is -0.461 e. The van der Waals surface area contributed by atoms with Gasteiger partial charge in [-0.3, -0.25) is 4.79 Å². The molecule has 0 aromatic rings. The zero-order chi connectivity index (χ0) is 19.8. The lowest BCUT2D eigenvalue weighted by molar-refractivity contribution is -0.259. The Morgan fingerprint density at radius 3 is 2.56 bits per heavy atom. The first-order valence-electron chi connectivity index (χ1n) is 10.4. The fourth-order valence-electron chi connectivity index (χ4n) is 7.80. The van der Waals surface area contributed by atoms with E-state index in [-0.39, 0.29) is 46.8 Å². The van der Waals surface area contributed by atoms with Gasteiger partial charge in [-0.15, -0.1) is 0 Å². The van der Waals surface area contributed by atoms with E-state index >= 15 is 0 Å². The number of aliphatic hydroxyl groups is 3. The molecular weight excluding hydrogens is 344 g/mol. The van der Waals surface area contributed by atoms with Gasteiger partial charge in [0.05, 0.1) is 18.3 Å². The minimum absolute atomic E-state index is 0.0824. The highest BCUT2D eigenvalue weighted by Gasteiger charge is 2.70. The van der Waals surface area contributed by atoms with Gasteiger partial charge < -0.3 is 20.1 Å². The molecule has 0 heterocycles. The highest BCUT2D eigenvalue weighted by Crippen LogP contribution is 2.71. The number of carbonyl (C=O) groups excluding carboxylic acids is 1. The van der Waals surface area contributed by atoms with E-state index in [1.54, 1.807) is 0 Å². The third-order valence-corrected chi connectivity index (χ3v) is 8.89. The molecule has 5 heteroatoms. The number of rotatable bonds is 2. The van der Waals surface area contributed by atoms with E-state index < -0.39 is 11.7 Å². The van der Waals surface area contributed by atoms with Crippen LogP contribution in [0.5, 0.6) is 0 Å². The average molecular weight is 379 g/mol. The van der Waals surface area contributed by atoms with Gasteiger partial charge in [0.15, 0.2) is 0 Å². The largest absolute Gasteiger partial charge is 0.461 e. The maximum absolute atomic E-state index is 12.0. The van der Waals surface area contributed by atoms with Crippen molar-refractivity contribution in [3.05, 3.63) is 12.2 Å². The molecule has 152 valence electrons. The smallest absolute Gasteiger partial charge is 0.302 e. The number of fused-ring (bicyclic) bond motifs is 2. The third-order valence-electron chi connectivity index (χ3n) is 8.89. The standard InChI is InChI=1S/C22H34O5/c1-13(24)27-17-14-5-9-21(11-22(14,26)12-23)10-6-15-19(2,3)16(25)7-8-20(15,4)18(17)21/h5,9,14-18,23,25-26H,6-8,10-12H2,1-4H3/t14?,15?,16-,17-,18?,20-,21?,22-/m1/s1. The van der Waals surface area contributed by atoms with Crippen LogP contribution in [-0.4, -0.2) is 45.7 Å². The molecule has 2 bridgehead atoms. The molecule has 3 fully saturated rings. The van der Waals surface area contributed by atoms with Crippen LogP contribution in [0.1, 0.15) is 59.8 Å². The monoisotopic (exact) mass is 378 g/mol. The van der Waals surface area contributed by atoms with Crippen LogP contribution in [-0.2, 0) is 9.53 Å². The normalized spacial score (nSPS) is 52.8. The lowest BCUT2D eigenvalue weighted by Gasteiger charge is -2.70. The van der Waals surface area contributed by atoms with Gasteiger partial charge in [0.2, 0.25) is 0 Å². The first-order valence-corrected chi connectivity index (χ1v) is 10.4. The van der Waals surface area contributed by atoms with Crippen molar-refractivity contribution in [3.63, 3.8) is 0 Å². The van der Waals surface area contributed by atoms with Crippen molar-refractivity contribution in [3.8, 4) is 0 Å². The molecule has 3 N–H and O–H groups in total. The van der Waals surface area contributed by atoms with E-state index in [1.807, 2.05) is 6.08 Å². The summed E-state index contributed by atoms with van der Waals surface area (Å²) < 4.78 is 5.87. The van der Waals surface area contributed by atoms with Crippen molar-refractivity contribution in [2.24, 2.45) is 34.0 Å². The van der Waals surface area contributed by atoms with E-state index in [0.717, 1.165) is 25.7 Å². The van der Waals surface area contributed by atoms with Gasteiger partial charge in [-0.1, -0.05) is 32.9 Å². The van der Waals surface area contributed by atoms with Crippen LogP contribution >= 0.6 is 0 Å². The predicted octanol–water partition coefficient (Wildman–Crippen LogP) is 2.43. The Labute approximate surface area is 161 Å². The molecule has 0 radical (unpaired) electrons. The van der Waals surface area contributed by atoms with Crippen molar-refractivity contribution < 1.29 is 24.9 Å². The quantitative estimate of drug-likeness (QED) is 0.507. The number of hydrogen-bond acceptors (Lipinski definition) is 5. The number of allylic oxidation sites excluding steroid dienone is 1. The molecule has 1 spiro atoms. The molecule has 5 rings (SSSR count). The second kappa shape index (κ2) is 5.80. The maximum atomic E-state index is 12.0. The average Bonchev–Trinajstić information content (AvgIpc) is 2.57. The lowest BCUT2D eigenvalue weighted by atomic mass is 9.36. The summed E-state index contributed by atoms with van der Waals surface area (Å²) >= 11 is 0. The summed E-state index contributed by atoms with van der Waals surface area (Å²) in [6, 6.07) is 0. The first-order chi connectivity index (χ1) is 12.5. The van der Waals surface area contributed by atoms with E-state index in [9.17, 15) is 20.1 Å². The minimum atomic E-state index is -1.24. The zero-order valence-corrected chi connectivity index (χ0v) is 16.9. The molecule has 0 saturated heterocycles. The SMILES string of the molecule is CC(=O)O[C@@H]1C2C=CC3(CCC4C(C)(C)[C@H](O)CC[C@@]4(C)C13)C[C@@]2(O)CO. The van der Waals surface area contributed by atoms with Crippen LogP contribution in [0.3, 0.4) is 0 Å². The van der Waals surface area contributed by atoms with Crippen molar-refractivity contribution in [2.45, 2.75) is 77.6 Å². The van der Waals surface area contributed by atoms with Crippen molar-refractivity contribution in [1.29, 1.82) is 0 Å². The molecule has 0 aliphatic heterocycles. The number of hydrogen-bond donors (Lipinski definition) is 3. The zero-order valence-electron chi connectivity index (χ0n) is 16.9. The topological polar surface area (TPSA) is 87.0 Å².